The summed E-state index contributed by atoms with van der Waals surface area (Å²) in [5.74, 6) is 0. The van der Waals surface area contributed by atoms with Crippen LogP contribution in [0.1, 0.15) is 16.8 Å². The van der Waals surface area contributed by atoms with Crippen LogP contribution < -0.4 is 17.0 Å². The van der Waals surface area contributed by atoms with E-state index in [9.17, 15) is 0 Å². The second-order valence-electron chi connectivity index (χ2n) is 3.90. The minimum atomic E-state index is 0. The molecule has 0 fully saturated rings. The summed E-state index contributed by atoms with van der Waals surface area (Å²) in [6, 6.07) is 14.6. The molecule has 92 valence electrons. The molecule has 0 saturated heterocycles. The van der Waals surface area contributed by atoms with Gasteiger partial charge in [0.25, 0.3) is 0 Å². The van der Waals surface area contributed by atoms with Gasteiger partial charge in [-0.05, 0) is 17.7 Å². The summed E-state index contributed by atoms with van der Waals surface area (Å²) in [6.07, 6.45) is 6.61. The van der Waals surface area contributed by atoms with Crippen molar-refractivity contribution in [2.45, 2.75) is 6.42 Å². The molecule has 0 aliphatic heterocycles. The van der Waals surface area contributed by atoms with Gasteiger partial charge in [-0.1, -0.05) is 43.0 Å². The third kappa shape index (κ3) is 3.31. The van der Waals surface area contributed by atoms with Gasteiger partial charge in [-0.2, -0.15) is 4.57 Å². The first-order chi connectivity index (χ1) is 8.33. The van der Waals surface area contributed by atoms with E-state index >= 15 is 0 Å². The maximum atomic E-state index is 3.81. The van der Waals surface area contributed by atoms with Gasteiger partial charge in [0.05, 0.1) is 6.42 Å². The Kier molecular flexibility index (Phi) is 5.34. The molecule has 0 saturated carbocycles. The van der Waals surface area contributed by atoms with Gasteiger partial charge in [-0.3, -0.25) is 0 Å². The second-order valence-corrected chi connectivity index (χ2v) is 3.90. The maximum absolute atomic E-state index is 3.81. The molecule has 1 aromatic carbocycles. The van der Waals surface area contributed by atoms with E-state index in [1.165, 1.54) is 11.3 Å². The Morgan fingerprint density at radius 1 is 1.00 bits per heavy atom. The van der Waals surface area contributed by atoms with Crippen molar-refractivity contribution >= 4 is 12.3 Å². The predicted molar refractivity (Wildman–Crippen MR) is 72.4 cm³/mol. The fraction of sp³-hybridized carbons (Fsp3) is 0.0625. The zero-order valence-corrected chi connectivity index (χ0v) is 11.0. The van der Waals surface area contributed by atoms with Crippen LogP contribution in [-0.4, -0.2) is 0 Å². The van der Waals surface area contributed by atoms with Gasteiger partial charge in [-0.25, -0.2) is 0 Å². The molecule has 2 heteroatoms. The Hall–Kier alpha value is -1.86. The number of hydrogen-bond donors (Lipinski definition) is 0. The lowest BCUT2D eigenvalue weighted by molar-refractivity contribution is -0.576. The Balaban J connectivity index is 0.00000162. The van der Waals surface area contributed by atoms with Crippen molar-refractivity contribution in [1.82, 2.24) is 0 Å². The van der Waals surface area contributed by atoms with Crippen molar-refractivity contribution in [2.24, 2.45) is 0 Å². The molecule has 0 spiro atoms. The molecule has 1 heterocycles. The van der Waals surface area contributed by atoms with Crippen LogP contribution in [0, 0.1) is 0 Å². The van der Waals surface area contributed by atoms with Crippen LogP contribution in [0.4, 0.5) is 0 Å². The normalized spacial score (nSPS) is 9.33. The fourth-order valence-electron chi connectivity index (χ4n) is 1.80. The summed E-state index contributed by atoms with van der Waals surface area (Å²) in [5.41, 5.74) is 3.67. The van der Waals surface area contributed by atoms with Gasteiger partial charge >= 0.3 is 0 Å². The van der Waals surface area contributed by atoms with Gasteiger partial charge < -0.3 is 12.4 Å². The zero-order chi connectivity index (χ0) is 12.1. The monoisotopic (exact) mass is 257 g/mol. The molecule has 2 rings (SSSR count). The fourth-order valence-corrected chi connectivity index (χ4v) is 1.80. The number of hydrogen-bond acceptors (Lipinski definition) is 0. The number of aromatic nitrogens is 1. The number of halogens is 1. The maximum Gasteiger partial charge on any atom is 0.191 e. The average Bonchev–Trinajstić information content (AvgIpc) is 2.40. The molecule has 0 aliphatic carbocycles. The Morgan fingerprint density at radius 2 is 1.72 bits per heavy atom. The molecule has 0 bridgehead atoms. The van der Waals surface area contributed by atoms with Gasteiger partial charge in [0, 0.05) is 12.1 Å². The molecule has 0 aliphatic rings. The van der Waals surface area contributed by atoms with Gasteiger partial charge in [-0.15, -0.1) is 0 Å². The highest BCUT2D eigenvalue weighted by Crippen LogP contribution is 2.09. The van der Waals surface area contributed by atoms with Crippen LogP contribution in [0.25, 0.3) is 12.3 Å². The van der Waals surface area contributed by atoms with Gasteiger partial charge in [0.15, 0.2) is 18.1 Å². The van der Waals surface area contributed by atoms with Crippen molar-refractivity contribution in [1.29, 1.82) is 0 Å². The van der Waals surface area contributed by atoms with Crippen LogP contribution in [0.5, 0.6) is 0 Å². The lowest BCUT2D eigenvalue weighted by Crippen LogP contribution is -3.00. The van der Waals surface area contributed by atoms with E-state index in [0.29, 0.717) is 0 Å². The number of rotatable bonds is 4. The number of benzene rings is 1. The standard InChI is InChI=1S/C16H16N.ClH/c1-3-14-8-10-15(11-9-14)13-16-7-5-6-12-17(16)4-2;/h3-12H,1-2,13H2;1H/q+1;/p-1. The first-order valence-electron chi connectivity index (χ1n) is 5.66. The SMILES string of the molecule is C=Cc1ccc(Cc2cccc[n+]2C=C)cc1.[Cl-]. The van der Waals surface area contributed by atoms with E-state index in [4.69, 9.17) is 0 Å². The quantitative estimate of drug-likeness (QED) is 0.695. The summed E-state index contributed by atoms with van der Waals surface area (Å²) in [5, 5.41) is 0. The molecular weight excluding hydrogens is 242 g/mol. The van der Waals surface area contributed by atoms with Gasteiger partial charge in [0.1, 0.15) is 0 Å². The number of nitrogens with zero attached hydrogens (tertiary/aromatic N) is 1. The van der Waals surface area contributed by atoms with Crippen molar-refractivity contribution in [3.05, 3.63) is 78.6 Å². The summed E-state index contributed by atoms with van der Waals surface area (Å²) >= 11 is 0. The molecule has 0 atom stereocenters. The third-order valence-electron chi connectivity index (χ3n) is 2.78. The van der Waals surface area contributed by atoms with Crippen molar-refractivity contribution in [2.75, 3.05) is 0 Å². The van der Waals surface area contributed by atoms with Crippen LogP contribution in [0.2, 0.25) is 0 Å². The van der Waals surface area contributed by atoms with Crippen LogP contribution in [0.15, 0.2) is 61.8 Å². The van der Waals surface area contributed by atoms with E-state index < -0.39 is 0 Å². The summed E-state index contributed by atoms with van der Waals surface area (Å²) in [4.78, 5) is 0. The van der Waals surface area contributed by atoms with E-state index in [1.54, 1.807) is 0 Å². The highest BCUT2D eigenvalue weighted by Gasteiger charge is 2.06. The van der Waals surface area contributed by atoms with E-state index in [1.807, 2.05) is 35.2 Å². The van der Waals surface area contributed by atoms with Gasteiger partial charge in [0.2, 0.25) is 0 Å². The Bertz CT molecular complexity index is 529. The smallest absolute Gasteiger partial charge is 0.191 e. The van der Waals surface area contributed by atoms with E-state index in [2.05, 4.69) is 43.5 Å². The van der Waals surface area contributed by atoms with Crippen LogP contribution in [-0.2, 0) is 6.42 Å². The van der Waals surface area contributed by atoms with E-state index in [-0.39, 0.29) is 12.4 Å². The highest BCUT2D eigenvalue weighted by molar-refractivity contribution is 5.47. The highest BCUT2D eigenvalue weighted by atomic mass is 35.5. The molecule has 1 aromatic heterocycles. The first kappa shape index (κ1) is 14.2. The molecule has 1 nitrogen and oxygen atoms in total. The summed E-state index contributed by atoms with van der Waals surface area (Å²) in [6.45, 7) is 7.56. The zero-order valence-electron chi connectivity index (χ0n) is 10.2. The molecule has 2 aromatic rings. The minimum absolute atomic E-state index is 0. The molecule has 18 heavy (non-hydrogen) atoms. The summed E-state index contributed by atoms with van der Waals surface area (Å²) in [7, 11) is 0. The van der Waals surface area contributed by atoms with Crippen LogP contribution >= 0.6 is 0 Å². The number of pyridine rings is 1. The predicted octanol–water partition coefficient (Wildman–Crippen LogP) is 0.312. The molecular formula is C16H16ClN. The van der Waals surface area contributed by atoms with Crippen LogP contribution in [0.3, 0.4) is 0 Å². The average molecular weight is 258 g/mol. The van der Waals surface area contributed by atoms with E-state index in [0.717, 1.165) is 12.0 Å². The third-order valence-corrected chi connectivity index (χ3v) is 2.78. The molecule has 0 amide bonds. The topological polar surface area (TPSA) is 3.88 Å². The molecule has 0 N–H and O–H groups in total. The lowest BCUT2D eigenvalue weighted by atomic mass is 10.1. The second kappa shape index (κ2) is 6.77. The molecule has 0 unspecified atom stereocenters. The Labute approximate surface area is 115 Å². The first-order valence-corrected chi connectivity index (χ1v) is 5.66. The van der Waals surface area contributed by atoms with Crippen molar-refractivity contribution in [3.8, 4) is 0 Å². The summed E-state index contributed by atoms with van der Waals surface area (Å²) < 4.78 is 2.04. The van der Waals surface area contributed by atoms with Crippen molar-refractivity contribution < 1.29 is 17.0 Å². The Morgan fingerprint density at radius 3 is 2.33 bits per heavy atom. The largest absolute Gasteiger partial charge is 1.00 e. The lowest BCUT2D eigenvalue weighted by Gasteiger charge is -2.01. The minimum Gasteiger partial charge on any atom is -1.00 e. The molecule has 0 radical (unpaired) electrons. The van der Waals surface area contributed by atoms with Crippen molar-refractivity contribution in [3.63, 3.8) is 0 Å².